The van der Waals surface area contributed by atoms with Gasteiger partial charge in [0.25, 0.3) is 0 Å². The highest BCUT2D eigenvalue weighted by Crippen LogP contribution is 2.24. The molecule has 1 aromatic rings. The fourth-order valence-electron chi connectivity index (χ4n) is 0.982. The van der Waals surface area contributed by atoms with Gasteiger partial charge in [0, 0.05) is 7.05 Å². The molecule has 0 aliphatic carbocycles. The third kappa shape index (κ3) is 1.32. The predicted octanol–water partition coefficient (Wildman–Crippen LogP) is -1.24. The van der Waals surface area contributed by atoms with Crippen molar-refractivity contribution in [3.05, 3.63) is 42.2 Å². The van der Waals surface area contributed by atoms with Gasteiger partial charge < -0.3 is 0 Å². The topological polar surface area (TPSA) is 160 Å². The monoisotopic (exact) mass is 232 g/mol. The van der Waals surface area contributed by atoms with Crippen LogP contribution < -0.4 is 0 Å². The first kappa shape index (κ1) is 11.4. The van der Waals surface area contributed by atoms with E-state index in [0.717, 1.165) is 10.9 Å². The van der Waals surface area contributed by atoms with Crippen molar-refractivity contribution >= 4 is 0 Å². The van der Waals surface area contributed by atoms with Crippen LogP contribution in [0.3, 0.4) is 0 Å². The summed E-state index contributed by atoms with van der Waals surface area (Å²) < 4.78 is 0.889. The lowest BCUT2D eigenvalue weighted by Crippen LogP contribution is -2.50. The molecule has 0 fully saturated rings. The molecule has 0 unspecified atom stereocenters. The van der Waals surface area contributed by atoms with Gasteiger partial charge in [0.2, 0.25) is 0 Å². The molecule has 1 heterocycles. The fraction of sp³-hybridized carbons (Fsp3) is 0.500. The van der Waals surface area contributed by atoms with E-state index in [1.807, 2.05) is 0 Å². The lowest BCUT2D eigenvalue weighted by molar-refractivity contribution is -0.986. The molecule has 86 valence electrons. The minimum atomic E-state index is -3.71. The van der Waals surface area contributed by atoms with Crippen LogP contribution in [-0.2, 0) is 12.8 Å². The zero-order valence-corrected chi connectivity index (χ0v) is 7.71. The first-order valence-electron chi connectivity index (χ1n) is 3.63. The number of nitro groups is 3. The third-order valence-electron chi connectivity index (χ3n) is 1.71. The van der Waals surface area contributed by atoms with Crippen molar-refractivity contribution in [2.24, 2.45) is 7.05 Å². The van der Waals surface area contributed by atoms with Crippen LogP contribution in [0.2, 0.25) is 0 Å². The van der Waals surface area contributed by atoms with Crippen LogP contribution in [0.1, 0.15) is 5.69 Å². The summed E-state index contributed by atoms with van der Waals surface area (Å²) in [6.07, 6.45) is 0.744. The smallest absolute Gasteiger partial charge is 0.254 e. The molecule has 0 saturated heterocycles. The summed E-state index contributed by atoms with van der Waals surface area (Å²) in [6, 6.07) is 0. The molecule has 12 nitrogen and oxygen atoms in total. The van der Waals surface area contributed by atoms with E-state index in [1.165, 1.54) is 7.05 Å². The number of aryl methyl sites for hydroxylation is 1. The second-order valence-corrected chi connectivity index (χ2v) is 2.68. The normalized spacial score (nSPS) is 11.1. The molecule has 12 heteroatoms. The van der Waals surface area contributed by atoms with Crippen molar-refractivity contribution in [3.8, 4) is 0 Å². The molecule has 0 aromatic carbocycles. The van der Waals surface area contributed by atoms with E-state index < -0.39 is 26.3 Å². The Morgan fingerprint density at radius 3 is 1.88 bits per heavy atom. The highest BCUT2D eigenvalue weighted by Gasteiger charge is 2.75. The average Bonchev–Trinajstić information content (AvgIpc) is 2.50. The summed E-state index contributed by atoms with van der Waals surface area (Å²) in [6.45, 7) is 0. The molecular weight excluding hydrogens is 228 g/mol. The van der Waals surface area contributed by atoms with Gasteiger partial charge in [0.1, 0.15) is 0 Å². The summed E-state index contributed by atoms with van der Waals surface area (Å²) in [7, 11) is 1.26. The van der Waals surface area contributed by atoms with Crippen LogP contribution in [0.15, 0.2) is 6.20 Å². The third-order valence-corrected chi connectivity index (χ3v) is 1.71. The van der Waals surface area contributed by atoms with Crippen molar-refractivity contribution in [1.82, 2.24) is 15.0 Å². The maximum Gasteiger partial charge on any atom is 0.749 e. The van der Waals surface area contributed by atoms with E-state index in [4.69, 9.17) is 0 Å². The Labute approximate surface area is 85.9 Å². The molecule has 0 amide bonds. The number of nitrogens with zero attached hydrogens (tertiary/aromatic N) is 6. The molecule has 0 radical (unpaired) electrons. The zero-order valence-electron chi connectivity index (χ0n) is 7.71. The van der Waals surface area contributed by atoms with E-state index in [0.29, 0.717) is 0 Å². The van der Waals surface area contributed by atoms with Gasteiger partial charge in [0.05, 0.1) is 6.20 Å². The van der Waals surface area contributed by atoms with Crippen LogP contribution in [0, 0.1) is 30.3 Å². The number of hydrogen-bond acceptors (Lipinski definition) is 8. The molecule has 0 bridgehead atoms. The van der Waals surface area contributed by atoms with Crippen LogP contribution in [0.25, 0.3) is 0 Å². The van der Waals surface area contributed by atoms with E-state index in [2.05, 4.69) is 10.3 Å². The molecule has 0 aliphatic heterocycles. The Kier molecular flexibility index (Phi) is 2.49. The van der Waals surface area contributed by atoms with Crippen LogP contribution >= 0.6 is 0 Å². The molecule has 0 spiro atoms. The Bertz CT molecular complexity index is 429. The molecule has 0 saturated carbocycles. The van der Waals surface area contributed by atoms with Crippen LogP contribution in [0.5, 0.6) is 0 Å². The number of rotatable bonds is 4. The summed E-state index contributed by atoms with van der Waals surface area (Å²) in [5.41, 5.74) is -0.963. The quantitative estimate of drug-likeness (QED) is 0.353. The molecule has 1 rings (SSSR count). The highest BCUT2D eigenvalue weighted by atomic mass is 16.7. The first-order valence-corrected chi connectivity index (χ1v) is 3.63. The largest absolute Gasteiger partial charge is 0.749 e. The Balaban J connectivity index is 3.51. The van der Waals surface area contributed by atoms with Crippen LogP contribution in [0.4, 0.5) is 0 Å². The van der Waals surface area contributed by atoms with E-state index >= 15 is 0 Å². The Morgan fingerprint density at radius 1 is 1.19 bits per heavy atom. The highest BCUT2D eigenvalue weighted by molar-refractivity contribution is 4.97. The second kappa shape index (κ2) is 3.48. The lowest BCUT2D eigenvalue weighted by atomic mass is 10.3. The van der Waals surface area contributed by atoms with Gasteiger partial charge in [-0.25, -0.2) is 0 Å². The van der Waals surface area contributed by atoms with Crippen molar-refractivity contribution in [1.29, 1.82) is 0 Å². The van der Waals surface area contributed by atoms with Crippen molar-refractivity contribution in [3.63, 3.8) is 0 Å². The molecule has 1 aromatic heterocycles. The van der Waals surface area contributed by atoms with E-state index in [1.54, 1.807) is 0 Å². The molecule has 0 aliphatic rings. The standard InChI is InChI=1S/C4H4N6O6/c1-7-2-3(5-6-7)4(8(11)12,9(13)14)10(15)16/h2H,1H3. The lowest BCUT2D eigenvalue weighted by Gasteiger charge is -2.04. The van der Waals surface area contributed by atoms with Gasteiger partial charge in [-0.3, -0.25) is 35.0 Å². The molecule has 16 heavy (non-hydrogen) atoms. The van der Waals surface area contributed by atoms with Gasteiger partial charge in [0.15, 0.2) is 14.8 Å². The van der Waals surface area contributed by atoms with Crippen molar-refractivity contribution in [2.75, 3.05) is 0 Å². The van der Waals surface area contributed by atoms with Crippen LogP contribution in [-0.4, -0.2) is 29.8 Å². The van der Waals surface area contributed by atoms with E-state index in [9.17, 15) is 30.3 Å². The number of aromatic nitrogens is 3. The SMILES string of the molecule is Cn1cc(C([N+](=O)[O-])([N+](=O)[O-])[N+](=O)[O-])nn1. The van der Waals surface area contributed by atoms with Crippen molar-refractivity contribution in [2.45, 2.75) is 5.79 Å². The molecule has 0 atom stereocenters. The summed E-state index contributed by atoms with van der Waals surface area (Å²) in [5.74, 6) is -3.71. The number of hydrogen-bond donors (Lipinski definition) is 0. The van der Waals surface area contributed by atoms with Gasteiger partial charge in [-0.2, -0.15) is 0 Å². The van der Waals surface area contributed by atoms with Gasteiger partial charge >= 0.3 is 11.5 Å². The molecular formula is C4H4N6O6. The van der Waals surface area contributed by atoms with Gasteiger partial charge in [-0.1, -0.05) is 5.21 Å². The summed E-state index contributed by atoms with van der Waals surface area (Å²) in [4.78, 5) is 26.8. The second-order valence-electron chi connectivity index (χ2n) is 2.68. The maximum atomic E-state index is 10.6. The predicted molar refractivity (Wildman–Crippen MR) is 43.7 cm³/mol. The minimum Gasteiger partial charge on any atom is -0.254 e. The molecule has 0 N–H and O–H groups in total. The van der Waals surface area contributed by atoms with Gasteiger partial charge in [-0.05, 0) is 0 Å². The van der Waals surface area contributed by atoms with E-state index in [-0.39, 0.29) is 0 Å². The average molecular weight is 232 g/mol. The van der Waals surface area contributed by atoms with Gasteiger partial charge in [-0.15, -0.1) is 5.10 Å². The first-order chi connectivity index (χ1) is 7.33. The Morgan fingerprint density at radius 2 is 1.62 bits per heavy atom. The minimum absolute atomic E-state index is 0.744. The zero-order chi connectivity index (χ0) is 12.5. The van der Waals surface area contributed by atoms with Crippen molar-refractivity contribution < 1.29 is 14.8 Å². The Hall–Kier alpha value is -2.66. The fourth-order valence-corrected chi connectivity index (χ4v) is 0.982. The summed E-state index contributed by atoms with van der Waals surface area (Å²) in [5, 5.41) is 37.9. The summed E-state index contributed by atoms with van der Waals surface area (Å²) >= 11 is 0. The maximum absolute atomic E-state index is 10.6.